The molecule has 6 heteroatoms. The van der Waals surface area contributed by atoms with Gasteiger partial charge in [-0.15, -0.1) is 0 Å². The van der Waals surface area contributed by atoms with Gasteiger partial charge in [0, 0.05) is 18.9 Å². The summed E-state index contributed by atoms with van der Waals surface area (Å²) in [7, 11) is 1.57. The number of rotatable bonds is 2. The van der Waals surface area contributed by atoms with E-state index in [1.165, 1.54) is 17.2 Å². The molecule has 2 heterocycles. The van der Waals surface area contributed by atoms with Crippen LogP contribution in [-0.4, -0.2) is 28.0 Å². The maximum atomic E-state index is 12.5. The fourth-order valence-electron chi connectivity index (χ4n) is 2.23. The van der Waals surface area contributed by atoms with Crippen LogP contribution in [0.5, 0.6) is 5.75 Å². The minimum absolute atomic E-state index is 0.107. The van der Waals surface area contributed by atoms with Crippen LogP contribution in [0.15, 0.2) is 53.5 Å². The molecule has 1 aromatic carbocycles. The van der Waals surface area contributed by atoms with Gasteiger partial charge in [-0.1, -0.05) is 18.2 Å². The second-order valence-electron chi connectivity index (χ2n) is 4.78. The predicted octanol–water partition coefficient (Wildman–Crippen LogP) is 1.91. The third kappa shape index (κ3) is 2.20. The minimum Gasteiger partial charge on any atom is -0.504 e. The number of nitrogens with one attached hydrogen (secondary N) is 1. The Hall–Kier alpha value is -3.15. The number of pyridine rings is 2. The zero-order chi connectivity index (χ0) is 15.7. The smallest absolute Gasteiger partial charge is 0.278 e. The molecule has 0 spiro atoms. The van der Waals surface area contributed by atoms with E-state index in [0.29, 0.717) is 5.69 Å². The Morgan fingerprint density at radius 3 is 2.64 bits per heavy atom. The molecular weight excluding hydrogens is 282 g/mol. The molecule has 3 aromatic rings. The van der Waals surface area contributed by atoms with E-state index in [9.17, 15) is 14.7 Å². The second-order valence-corrected chi connectivity index (χ2v) is 4.78. The van der Waals surface area contributed by atoms with E-state index < -0.39 is 11.5 Å². The van der Waals surface area contributed by atoms with Gasteiger partial charge in [0.15, 0.2) is 11.4 Å². The highest BCUT2D eigenvalue weighted by molar-refractivity contribution is 6.08. The summed E-state index contributed by atoms with van der Waals surface area (Å²) in [6, 6.07) is 12.1. The van der Waals surface area contributed by atoms with E-state index >= 15 is 0 Å². The summed E-state index contributed by atoms with van der Waals surface area (Å²) in [5, 5.41) is 10.5. The number of hydrogen-bond donors (Lipinski definition) is 2. The highest BCUT2D eigenvalue weighted by Gasteiger charge is 2.21. The molecule has 0 atom stereocenters. The first-order valence-corrected chi connectivity index (χ1v) is 6.62. The summed E-state index contributed by atoms with van der Waals surface area (Å²) in [4.78, 5) is 32.3. The third-order valence-electron chi connectivity index (χ3n) is 3.41. The van der Waals surface area contributed by atoms with E-state index in [1.807, 2.05) is 6.07 Å². The summed E-state index contributed by atoms with van der Waals surface area (Å²) < 4.78 is 0. The molecule has 3 rings (SSSR count). The average molecular weight is 295 g/mol. The number of aromatic amines is 1. The summed E-state index contributed by atoms with van der Waals surface area (Å²) in [5.41, 5.74) is 0.109. The number of H-pyrrole nitrogens is 1. The molecule has 0 bridgehead atoms. The van der Waals surface area contributed by atoms with Crippen LogP contribution in [0.3, 0.4) is 0 Å². The molecular formula is C16H13N3O3. The first-order chi connectivity index (χ1) is 10.6. The van der Waals surface area contributed by atoms with Gasteiger partial charge in [0.2, 0.25) is 0 Å². The quantitative estimate of drug-likeness (QED) is 0.756. The topological polar surface area (TPSA) is 86.3 Å². The second kappa shape index (κ2) is 5.33. The Kier molecular flexibility index (Phi) is 3.34. The lowest BCUT2D eigenvalue weighted by Crippen LogP contribution is -2.29. The molecule has 22 heavy (non-hydrogen) atoms. The Labute approximate surface area is 125 Å². The van der Waals surface area contributed by atoms with Gasteiger partial charge in [0.25, 0.3) is 11.5 Å². The molecule has 0 radical (unpaired) electrons. The normalized spacial score (nSPS) is 10.6. The van der Waals surface area contributed by atoms with Crippen LogP contribution in [0.2, 0.25) is 0 Å². The fraction of sp³-hybridized carbons (Fsp3) is 0.0625. The molecule has 0 unspecified atom stereocenters. The molecule has 0 fully saturated rings. The average Bonchev–Trinajstić information content (AvgIpc) is 2.57. The van der Waals surface area contributed by atoms with Crippen molar-refractivity contribution in [2.75, 3.05) is 11.9 Å². The number of nitrogens with zero attached hydrogens (tertiary/aromatic N) is 2. The summed E-state index contributed by atoms with van der Waals surface area (Å²) in [6.07, 6.45) is 1.46. The highest BCUT2D eigenvalue weighted by atomic mass is 16.3. The van der Waals surface area contributed by atoms with Crippen molar-refractivity contribution in [2.24, 2.45) is 0 Å². The number of carbonyl (C=O) groups is 1. The molecule has 0 aliphatic heterocycles. The van der Waals surface area contributed by atoms with Crippen LogP contribution >= 0.6 is 0 Å². The molecule has 0 aliphatic carbocycles. The lowest BCUT2D eigenvalue weighted by atomic mass is 10.2. The predicted molar refractivity (Wildman–Crippen MR) is 83.2 cm³/mol. The summed E-state index contributed by atoms with van der Waals surface area (Å²) in [5.74, 6) is -0.851. The van der Waals surface area contributed by atoms with Crippen LogP contribution in [0.25, 0.3) is 10.9 Å². The number of aromatic hydroxyl groups is 1. The summed E-state index contributed by atoms with van der Waals surface area (Å²) in [6.45, 7) is 0. The van der Waals surface area contributed by atoms with Crippen molar-refractivity contribution in [1.82, 2.24) is 9.97 Å². The van der Waals surface area contributed by atoms with Crippen LogP contribution in [0.4, 0.5) is 5.69 Å². The SMILES string of the molecule is CN(C(=O)c1[nH]c(=O)c2cccnc2c1O)c1ccccc1. The summed E-state index contributed by atoms with van der Waals surface area (Å²) >= 11 is 0. The van der Waals surface area contributed by atoms with Crippen molar-refractivity contribution in [3.8, 4) is 5.75 Å². The number of hydrogen-bond acceptors (Lipinski definition) is 4. The van der Waals surface area contributed by atoms with Gasteiger partial charge in [-0.05, 0) is 24.3 Å². The molecule has 6 nitrogen and oxygen atoms in total. The van der Waals surface area contributed by atoms with E-state index in [0.717, 1.165) is 0 Å². The minimum atomic E-state index is -0.520. The third-order valence-corrected chi connectivity index (χ3v) is 3.41. The zero-order valence-electron chi connectivity index (χ0n) is 11.8. The standard InChI is InChI=1S/C16H13N3O3/c1-19(10-6-3-2-4-7-10)16(22)13-14(20)12-11(15(21)18-13)8-5-9-17-12/h2-9,20H,1H3,(H,18,21). The van der Waals surface area contributed by atoms with Crippen LogP contribution in [-0.2, 0) is 0 Å². The van der Waals surface area contributed by atoms with E-state index in [1.54, 1.807) is 37.4 Å². The van der Waals surface area contributed by atoms with Gasteiger partial charge in [-0.25, -0.2) is 0 Å². The van der Waals surface area contributed by atoms with Crippen molar-refractivity contribution in [3.05, 3.63) is 64.7 Å². The highest BCUT2D eigenvalue weighted by Crippen LogP contribution is 2.24. The number of anilines is 1. The van der Waals surface area contributed by atoms with Crippen LogP contribution < -0.4 is 10.5 Å². The Morgan fingerprint density at radius 1 is 1.18 bits per heavy atom. The lowest BCUT2D eigenvalue weighted by molar-refractivity contribution is 0.0985. The van der Waals surface area contributed by atoms with E-state index in [2.05, 4.69) is 9.97 Å². The maximum Gasteiger partial charge on any atom is 0.278 e. The zero-order valence-corrected chi connectivity index (χ0v) is 11.8. The van der Waals surface area contributed by atoms with Gasteiger partial charge in [0.1, 0.15) is 5.52 Å². The monoisotopic (exact) mass is 295 g/mol. The van der Waals surface area contributed by atoms with Crippen molar-refractivity contribution >= 4 is 22.5 Å². The first-order valence-electron chi connectivity index (χ1n) is 6.62. The largest absolute Gasteiger partial charge is 0.504 e. The van der Waals surface area contributed by atoms with E-state index in [4.69, 9.17) is 0 Å². The molecule has 0 saturated carbocycles. The Balaban J connectivity index is 2.12. The number of aromatic nitrogens is 2. The van der Waals surface area contributed by atoms with Crippen molar-refractivity contribution in [3.63, 3.8) is 0 Å². The Morgan fingerprint density at radius 2 is 1.91 bits per heavy atom. The van der Waals surface area contributed by atoms with Crippen molar-refractivity contribution in [2.45, 2.75) is 0 Å². The van der Waals surface area contributed by atoms with Gasteiger partial charge in [-0.2, -0.15) is 0 Å². The number of para-hydroxylation sites is 1. The lowest BCUT2D eigenvalue weighted by Gasteiger charge is -2.17. The molecule has 0 saturated heterocycles. The van der Waals surface area contributed by atoms with Gasteiger partial charge < -0.3 is 15.0 Å². The Bertz CT molecular complexity index is 903. The van der Waals surface area contributed by atoms with Crippen LogP contribution in [0, 0.1) is 0 Å². The van der Waals surface area contributed by atoms with Crippen molar-refractivity contribution in [1.29, 1.82) is 0 Å². The number of carbonyl (C=O) groups excluding carboxylic acids is 1. The molecule has 2 N–H and O–H groups in total. The molecule has 1 amide bonds. The van der Waals surface area contributed by atoms with E-state index in [-0.39, 0.29) is 22.3 Å². The number of amides is 1. The van der Waals surface area contributed by atoms with Crippen molar-refractivity contribution < 1.29 is 9.90 Å². The molecule has 110 valence electrons. The van der Waals surface area contributed by atoms with Crippen LogP contribution in [0.1, 0.15) is 10.5 Å². The fourth-order valence-corrected chi connectivity index (χ4v) is 2.23. The molecule has 2 aromatic heterocycles. The maximum absolute atomic E-state index is 12.5. The first kappa shape index (κ1) is 13.8. The number of fused-ring (bicyclic) bond motifs is 1. The van der Waals surface area contributed by atoms with Gasteiger partial charge in [0.05, 0.1) is 5.39 Å². The van der Waals surface area contributed by atoms with Gasteiger partial charge in [-0.3, -0.25) is 14.6 Å². The molecule has 0 aliphatic rings. The number of benzene rings is 1. The van der Waals surface area contributed by atoms with Gasteiger partial charge >= 0.3 is 0 Å².